The van der Waals surface area contributed by atoms with Crippen molar-refractivity contribution in [3.8, 4) is 0 Å². The van der Waals surface area contributed by atoms with Crippen molar-refractivity contribution in [2.24, 2.45) is 17.1 Å². The van der Waals surface area contributed by atoms with Gasteiger partial charge < -0.3 is 20.9 Å². The SMILES string of the molecule is CN(C)[C@]1(C)CCC[C@@H](C2(CN)CCCCC2)[C@@]12NC(=O)N2C. The van der Waals surface area contributed by atoms with Gasteiger partial charge in [0.1, 0.15) is 5.66 Å². The highest BCUT2D eigenvalue weighted by atomic mass is 16.2. The van der Waals surface area contributed by atoms with Gasteiger partial charge in [0.15, 0.2) is 0 Å². The van der Waals surface area contributed by atoms with E-state index in [2.05, 4.69) is 31.2 Å². The molecule has 1 spiro atoms. The number of nitrogens with one attached hydrogen (secondary N) is 1. The van der Waals surface area contributed by atoms with Crippen LogP contribution in [-0.2, 0) is 0 Å². The summed E-state index contributed by atoms with van der Waals surface area (Å²) in [5.41, 5.74) is 6.21. The third kappa shape index (κ3) is 2.08. The smallest absolute Gasteiger partial charge is 0.320 e. The van der Waals surface area contributed by atoms with Crippen LogP contribution in [0.25, 0.3) is 0 Å². The second kappa shape index (κ2) is 5.62. The van der Waals surface area contributed by atoms with E-state index in [9.17, 15) is 4.79 Å². The minimum Gasteiger partial charge on any atom is -0.330 e. The molecule has 0 aromatic carbocycles. The standard InChI is InChI=1S/C18H34N4O/c1-16(21(2)3)10-8-9-14(18(16)20-15(23)22(18)4)17(13-19)11-6-5-7-12-17/h14H,5-13,19H2,1-4H3,(H,20,23)/t14-,16+,18-/m0/s1. The number of urea groups is 1. The zero-order valence-electron chi connectivity index (χ0n) is 15.3. The first kappa shape index (κ1) is 17.0. The van der Waals surface area contributed by atoms with Gasteiger partial charge in [0, 0.05) is 13.0 Å². The molecule has 0 aromatic heterocycles. The molecular formula is C18H34N4O. The van der Waals surface area contributed by atoms with Gasteiger partial charge in [0.05, 0.1) is 5.54 Å². The summed E-state index contributed by atoms with van der Waals surface area (Å²) in [6.45, 7) is 3.06. The Hall–Kier alpha value is -0.810. The molecule has 1 aliphatic heterocycles. The molecule has 3 fully saturated rings. The number of rotatable bonds is 3. The summed E-state index contributed by atoms with van der Waals surface area (Å²) in [6.07, 6.45) is 9.81. The van der Waals surface area contributed by atoms with Crippen molar-refractivity contribution in [3.63, 3.8) is 0 Å². The second-order valence-corrected chi connectivity index (χ2v) is 8.50. The van der Waals surface area contributed by atoms with Crippen LogP contribution >= 0.6 is 0 Å². The highest BCUT2D eigenvalue weighted by Gasteiger charge is 2.69. The molecule has 0 unspecified atom stereocenters. The average Bonchev–Trinajstić information content (AvgIpc) is 2.56. The normalized spacial score (nSPS) is 40.2. The van der Waals surface area contributed by atoms with E-state index in [4.69, 9.17) is 5.73 Å². The van der Waals surface area contributed by atoms with E-state index in [1.165, 1.54) is 44.9 Å². The van der Waals surface area contributed by atoms with Crippen LogP contribution in [0.5, 0.6) is 0 Å². The summed E-state index contributed by atoms with van der Waals surface area (Å²) in [5, 5.41) is 3.38. The highest BCUT2D eigenvalue weighted by Crippen LogP contribution is 2.58. The van der Waals surface area contributed by atoms with E-state index in [-0.39, 0.29) is 22.6 Å². The maximum Gasteiger partial charge on any atom is 0.320 e. The van der Waals surface area contributed by atoms with Gasteiger partial charge in [-0.05, 0) is 58.7 Å². The molecular weight excluding hydrogens is 288 g/mol. The largest absolute Gasteiger partial charge is 0.330 e. The summed E-state index contributed by atoms with van der Waals surface area (Å²) in [7, 11) is 6.28. The number of likely N-dealkylation sites (N-methyl/N-ethyl adjacent to an activating group) is 2. The van der Waals surface area contributed by atoms with Crippen molar-refractivity contribution in [1.29, 1.82) is 0 Å². The summed E-state index contributed by atoms with van der Waals surface area (Å²) in [6, 6.07) is 0.0629. The Bertz CT molecular complexity index is 474. The van der Waals surface area contributed by atoms with Crippen LogP contribution < -0.4 is 11.1 Å². The Balaban J connectivity index is 2.06. The number of carbonyl (C=O) groups excluding carboxylic acids is 1. The molecule has 132 valence electrons. The average molecular weight is 322 g/mol. The maximum atomic E-state index is 12.2. The Morgan fingerprint density at radius 2 is 1.87 bits per heavy atom. The lowest BCUT2D eigenvalue weighted by atomic mass is 9.52. The van der Waals surface area contributed by atoms with Gasteiger partial charge in [-0.25, -0.2) is 4.79 Å². The van der Waals surface area contributed by atoms with Gasteiger partial charge in [-0.1, -0.05) is 25.7 Å². The van der Waals surface area contributed by atoms with Gasteiger partial charge in [-0.2, -0.15) is 0 Å². The Morgan fingerprint density at radius 1 is 1.22 bits per heavy atom. The fourth-order valence-corrected chi connectivity index (χ4v) is 5.94. The number of nitrogens with two attached hydrogens (primary N) is 1. The Morgan fingerprint density at radius 3 is 2.35 bits per heavy atom. The van der Waals surface area contributed by atoms with Crippen molar-refractivity contribution in [2.75, 3.05) is 27.7 Å². The number of hydrogen-bond donors (Lipinski definition) is 2. The van der Waals surface area contributed by atoms with Crippen LogP contribution in [0.2, 0.25) is 0 Å². The van der Waals surface area contributed by atoms with E-state index in [0.717, 1.165) is 13.0 Å². The number of hydrogen-bond acceptors (Lipinski definition) is 3. The summed E-state index contributed by atoms with van der Waals surface area (Å²) in [5.74, 6) is 0.434. The molecule has 0 radical (unpaired) electrons. The minimum atomic E-state index is -0.275. The van der Waals surface area contributed by atoms with Crippen molar-refractivity contribution >= 4 is 6.03 Å². The van der Waals surface area contributed by atoms with Gasteiger partial charge >= 0.3 is 6.03 Å². The molecule has 3 aliphatic rings. The van der Waals surface area contributed by atoms with Gasteiger partial charge in [-0.15, -0.1) is 0 Å². The van der Waals surface area contributed by atoms with E-state index >= 15 is 0 Å². The quantitative estimate of drug-likeness (QED) is 0.838. The van der Waals surface area contributed by atoms with Crippen LogP contribution in [-0.4, -0.2) is 54.7 Å². The van der Waals surface area contributed by atoms with E-state index in [1.807, 2.05) is 11.9 Å². The lowest BCUT2D eigenvalue weighted by Gasteiger charge is -2.70. The number of amides is 2. The molecule has 0 aromatic rings. The molecule has 2 aliphatic carbocycles. The maximum absolute atomic E-state index is 12.2. The Labute approximate surface area is 140 Å². The van der Waals surface area contributed by atoms with E-state index < -0.39 is 0 Å². The van der Waals surface area contributed by atoms with E-state index in [0.29, 0.717) is 5.92 Å². The first-order valence-corrected chi connectivity index (χ1v) is 9.27. The molecule has 1 heterocycles. The fourth-order valence-electron chi connectivity index (χ4n) is 5.94. The zero-order chi connectivity index (χ0) is 16.9. The molecule has 3 rings (SSSR count). The molecule has 2 amide bonds. The number of carbonyl (C=O) groups is 1. The molecule has 2 saturated carbocycles. The zero-order valence-corrected chi connectivity index (χ0v) is 15.3. The molecule has 0 bridgehead atoms. The Kier molecular flexibility index (Phi) is 4.16. The molecule has 5 heteroatoms. The second-order valence-electron chi connectivity index (χ2n) is 8.50. The number of nitrogens with zero attached hydrogens (tertiary/aromatic N) is 2. The van der Waals surface area contributed by atoms with Gasteiger partial charge in [0.2, 0.25) is 0 Å². The molecule has 5 nitrogen and oxygen atoms in total. The van der Waals surface area contributed by atoms with Crippen molar-refractivity contribution in [3.05, 3.63) is 0 Å². The van der Waals surface area contributed by atoms with Crippen molar-refractivity contribution in [2.45, 2.75) is 69.5 Å². The van der Waals surface area contributed by atoms with Crippen molar-refractivity contribution < 1.29 is 4.79 Å². The first-order chi connectivity index (χ1) is 10.8. The third-order valence-corrected chi connectivity index (χ3v) is 7.60. The fraction of sp³-hybridized carbons (Fsp3) is 0.944. The highest BCUT2D eigenvalue weighted by molar-refractivity contribution is 5.83. The monoisotopic (exact) mass is 322 g/mol. The van der Waals surface area contributed by atoms with Crippen LogP contribution in [0.3, 0.4) is 0 Å². The molecule has 3 atom stereocenters. The first-order valence-electron chi connectivity index (χ1n) is 9.27. The third-order valence-electron chi connectivity index (χ3n) is 7.60. The van der Waals surface area contributed by atoms with E-state index in [1.54, 1.807) is 0 Å². The minimum absolute atomic E-state index is 0.0573. The predicted molar refractivity (Wildman–Crippen MR) is 93.0 cm³/mol. The van der Waals surface area contributed by atoms with Crippen molar-refractivity contribution in [1.82, 2.24) is 15.1 Å². The summed E-state index contributed by atoms with van der Waals surface area (Å²) in [4.78, 5) is 16.5. The van der Waals surface area contributed by atoms with Crippen LogP contribution in [0.1, 0.15) is 58.3 Å². The van der Waals surface area contributed by atoms with Gasteiger partial charge in [0.25, 0.3) is 0 Å². The topological polar surface area (TPSA) is 61.6 Å². The summed E-state index contributed by atoms with van der Waals surface area (Å²) >= 11 is 0. The molecule has 23 heavy (non-hydrogen) atoms. The van der Waals surface area contributed by atoms with Gasteiger partial charge in [-0.3, -0.25) is 0 Å². The van der Waals surface area contributed by atoms with Crippen LogP contribution in [0.4, 0.5) is 4.79 Å². The lowest BCUT2D eigenvalue weighted by Crippen LogP contribution is -2.89. The van der Waals surface area contributed by atoms with Crippen LogP contribution in [0.15, 0.2) is 0 Å². The lowest BCUT2D eigenvalue weighted by molar-refractivity contribution is -0.172. The molecule has 1 saturated heterocycles. The summed E-state index contributed by atoms with van der Waals surface area (Å²) < 4.78 is 0. The molecule has 3 N–H and O–H groups in total. The van der Waals surface area contributed by atoms with Crippen LogP contribution in [0, 0.1) is 11.3 Å². The predicted octanol–water partition coefficient (Wildman–Crippen LogP) is 2.37.